The zero-order chi connectivity index (χ0) is 12.7. The second kappa shape index (κ2) is 7.22. The highest BCUT2D eigenvalue weighted by atomic mass is 16.4. The molecule has 0 aromatic rings. The van der Waals surface area contributed by atoms with Crippen molar-refractivity contribution in [2.24, 2.45) is 17.6 Å². The second-order valence-electron chi connectivity index (χ2n) is 4.42. The van der Waals surface area contributed by atoms with Crippen molar-refractivity contribution in [1.82, 2.24) is 5.32 Å². The number of hydrogen-bond acceptors (Lipinski definition) is 3. The van der Waals surface area contributed by atoms with Gasteiger partial charge >= 0.3 is 5.97 Å². The van der Waals surface area contributed by atoms with Gasteiger partial charge in [0.05, 0.1) is 12.0 Å². The molecule has 0 bridgehead atoms. The number of carbonyl (C=O) groups is 2. The number of nitrogens with one attached hydrogen (secondary N) is 1. The molecule has 16 heavy (non-hydrogen) atoms. The van der Waals surface area contributed by atoms with E-state index in [1.807, 2.05) is 20.8 Å². The van der Waals surface area contributed by atoms with Crippen molar-refractivity contribution in [3.63, 3.8) is 0 Å². The minimum atomic E-state index is -0.876. The largest absolute Gasteiger partial charge is 0.481 e. The molecule has 0 rings (SSSR count). The van der Waals surface area contributed by atoms with Gasteiger partial charge in [-0.15, -0.1) is 0 Å². The Morgan fingerprint density at radius 3 is 2.31 bits per heavy atom. The highest BCUT2D eigenvalue weighted by Gasteiger charge is 2.20. The van der Waals surface area contributed by atoms with E-state index in [9.17, 15) is 9.59 Å². The van der Waals surface area contributed by atoms with Crippen molar-refractivity contribution >= 4 is 11.9 Å². The molecule has 5 nitrogen and oxygen atoms in total. The van der Waals surface area contributed by atoms with Crippen LogP contribution in [0.3, 0.4) is 0 Å². The standard InChI is InChI=1S/C11H22N2O3/c1-4-9(12)10(14)13-6-8(11(15)16)5-7(2)3/h7-9H,4-6,12H2,1-3H3,(H,13,14)(H,15,16)/t8?,9-/m0/s1. The van der Waals surface area contributed by atoms with Crippen molar-refractivity contribution in [2.75, 3.05) is 6.54 Å². The zero-order valence-corrected chi connectivity index (χ0v) is 10.2. The van der Waals surface area contributed by atoms with Crippen LogP contribution < -0.4 is 11.1 Å². The van der Waals surface area contributed by atoms with Crippen LogP contribution in [0.2, 0.25) is 0 Å². The second-order valence-corrected chi connectivity index (χ2v) is 4.42. The highest BCUT2D eigenvalue weighted by Crippen LogP contribution is 2.11. The van der Waals surface area contributed by atoms with Crippen LogP contribution in [0.15, 0.2) is 0 Å². The summed E-state index contributed by atoms with van der Waals surface area (Å²) in [7, 11) is 0. The lowest BCUT2D eigenvalue weighted by Crippen LogP contribution is -2.43. The van der Waals surface area contributed by atoms with Crippen LogP contribution in [0.25, 0.3) is 0 Å². The molecular formula is C11H22N2O3. The van der Waals surface area contributed by atoms with E-state index in [1.54, 1.807) is 0 Å². The van der Waals surface area contributed by atoms with Gasteiger partial charge in [0, 0.05) is 6.54 Å². The Morgan fingerprint density at radius 2 is 1.94 bits per heavy atom. The van der Waals surface area contributed by atoms with E-state index >= 15 is 0 Å². The maximum Gasteiger partial charge on any atom is 0.308 e. The molecule has 0 saturated heterocycles. The van der Waals surface area contributed by atoms with Gasteiger partial charge in [0.25, 0.3) is 0 Å². The molecule has 1 unspecified atom stereocenters. The summed E-state index contributed by atoms with van der Waals surface area (Å²) in [4.78, 5) is 22.3. The van der Waals surface area contributed by atoms with E-state index in [4.69, 9.17) is 10.8 Å². The summed E-state index contributed by atoms with van der Waals surface area (Å²) in [5, 5.41) is 11.5. The number of carbonyl (C=O) groups excluding carboxylic acids is 1. The van der Waals surface area contributed by atoms with E-state index in [0.717, 1.165) is 0 Å². The van der Waals surface area contributed by atoms with Gasteiger partial charge in [-0.25, -0.2) is 0 Å². The molecule has 0 aromatic heterocycles. The first kappa shape index (κ1) is 14.9. The quantitative estimate of drug-likeness (QED) is 0.596. The average molecular weight is 230 g/mol. The van der Waals surface area contributed by atoms with Crippen LogP contribution >= 0.6 is 0 Å². The lowest BCUT2D eigenvalue weighted by atomic mass is 9.97. The average Bonchev–Trinajstić information content (AvgIpc) is 2.21. The first-order chi connectivity index (χ1) is 7.38. The van der Waals surface area contributed by atoms with E-state index < -0.39 is 17.9 Å². The summed E-state index contributed by atoms with van der Waals surface area (Å²) in [6, 6.07) is -0.548. The highest BCUT2D eigenvalue weighted by molar-refractivity contribution is 5.82. The molecule has 0 spiro atoms. The molecule has 4 N–H and O–H groups in total. The predicted molar refractivity (Wildman–Crippen MR) is 61.9 cm³/mol. The summed E-state index contributed by atoms with van der Waals surface area (Å²) >= 11 is 0. The van der Waals surface area contributed by atoms with Crippen LogP contribution in [0.1, 0.15) is 33.6 Å². The first-order valence-corrected chi connectivity index (χ1v) is 5.64. The van der Waals surface area contributed by atoms with Gasteiger partial charge in [-0.3, -0.25) is 9.59 Å². The minimum absolute atomic E-state index is 0.153. The minimum Gasteiger partial charge on any atom is -0.481 e. The van der Waals surface area contributed by atoms with Crippen LogP contribution in [0.4, 0.5) is 0 Å². The SMILES string of the molecule is CC[C@H](N)C(=O)NCC(CC(C)C)C(=O)O. The van der Waals surface area contributed by atoms with Gasteiger partial charge < -0.3 is 16.2 Å². The number of hydrogen-bond donors (Lipinski definition) is 3. The number of carboxylic acid groups (broad SMARTS) is 1. The Bertz CT molecular complexity index is 241. The van der Waals surface area contributed by atoms with Crippen molar-refractivity contribution in [3.8, 4) is 0 Å². The Hall–Kier alpha value is -1.10. The van der Waals surface area contributed by atoms with Crippen molar-refractivity contribution < 1.29 is 14.7 Å². The van der Waals surface area contributed by atoms with E-state index in [1.165, 1.54) is 0 Å². The lowest BCUT2D eigenvalue weighted by Gasteiger charge is -2.16. The maximum atomic E-state index is 11.4. The van der Waals surface area contributed by atoms with E-state index in [-0.39, 0.29) is 18.4 Å². The number of amides is 1. The van der Waals surface area contributed by atoms with E-state index in [0.29, 0.717) is 12.8 Å². The molecule has 94 valence electrons. The molecule has 5 heteroatoms. The van der Waals surface area contributed by atoms with Crippen LogP contribution in [0, 0.1) is 11.8 Å². The van der Waals surface area contributed by atoms with Crippen LogP contribution in [-0.4, -0.2) is 29.6 Å². The van der Waals surface area contributed by atoms with Crippen molar-refractivity contribution in [2.45, 2.75) is 39.7 Å². The van der Waals surface area contributed by atoms with Gasteiger partial charge in [-0.1, -0.05) is 20.8 Å². The summed E-state index contributed by atoms with van der Waals surface area (Å²) < 4.78 is 0. The van der Waals surface area contributed by atoms with Gasteiger partial charge in [-0.05, 0) is 18.8 Å². The van der Waals surface area contributed by atoms with Crippen molar-refractivity contribution in [1.29, 1.82) is 0 Å². The zero-order valence-electron chi connectivity index (χ0n) is 10.2. The summed E-state index contributed by atoms with van der Waals surface area (Å²) in [6.45, 7) is 5.87. The van der Waals surface area contributed by atoms with Gasteiger partial charge in [0.15, 0.2) is 0 Å². The molecule has 0 aliphatic carbocycles. The molecule has 0 aromatic carbocycles. The third kappa shape index (κ3) is 5.70. The van der Waals surface area contributed by atoms with E-state index in [2.05, 4.69) is 5.32 Å². The topological polar surface area (TPSA) is 92.4 Å². The van der Waals surface area contributed by atoms with Crippen LogP contribution in [-0.2, 0) is 9.59 Å². The number of aliphatic carboxylic acids is 1. The normalized spacial score (nSPS) is 14.6. The monoisotopic (exact) mass is 230 g/mol. The fourth-order valence-electron chi connectivity index (χ4n) is 1.38. The van der Waals surface area contributed by atoms with Gasteiger partial charge in [0.1, 0.15) is 0 Å². The number of carboxylic acids is 1. The first-order valence-electron chi connectivity index (χ1n) is 5.64. The summed E-state index contributed by atoms with van der Waals surface area (Å²) in [5.41, 5.74) is 5.52. The Labute approximate surface area is 96.4 Å². The smallest absolute Gasteiger partial charge is 0.308 e. The molecule has 0 fully saturated rings. The fourth-order valence-corrected chi connectivity index (χ4v) is 1.38. The number of rotatable bonds is 7. The predicted octanol–water partition coefficient (Wildman–Crippen LogP) is 0.587. The van der Waals surface area contributed by atoms with Gasteiger partial charge in [0.2, 0.25) is 5.91 Å². The Kier molecular flexibility index (Phi) is 6.72. The molecule has 2 atom stereocenters. The molecule has 0 aliphatic rings. The molecular weight excluding hydrogens is 208 g/mol. The lowest BCUT2D eigenvalue weighted by molar-refractivity contribution is -0.142. The van der Waals surface area contributed by atoms with Crippen molar-refractivity contribution in [3.05, 3.63) is 0 Å². The molecule has 1 amide bonds. The Morgan fingerprint density at radius 1 is 1.38 bits per heavy atom. The Balaban J connectivity index is 4.12. The third-order valence-electron chi connectivity index (χ3n) is 2.40. The molecule has 0 heterocycles. The molecule has 0 radical (unpaired) electrons. The molecule has 0 saturated carbocycles. The molecule has 0 aliphatic heterocycles. The number of nitrogens with two attached hydrogens (primary N) is 1. The van der Waals surface area contributed by atoms with Crippen LogP contribution in [0.5, 0.6) is 0 Å². The third-order valence-corrected chi connectivity index (χ3v) is 2.40. The fraction of sp³-hybridized carbons (Fsp3) is 0.818. The summed E-state index contributed by atoms with van der Waals surface area (Å²) in [6.07, 6.45) is 1.10. The maximum absolute atomic E-state index is 11.4. The summed E-state index contributed by atoms with van der Waals surface area (Å²) in [5.74, 6) is -1.40. The van der Waals surface area contributed by atoms with Gasteiger partial charge in [-0.2, -0.15) is 0 Å².